The van der Waals surface area contributed by atoms with E-state index in [0.717, 1.165) is 17.1 Å². The average Bonchev–Trinajstić information content (AvgIpc) is 2.93. The van der Waals surface area contributed by atoms with Gasteiger partial charge in [-0.25, -0.2) is 0 Å². The van der Waals surface area contributed by atoms with Gasteiger partial charge in [0.05, 0.1) is 23.3 Å². The monoisotopic (exact) mass is 358 g/mol. The van der Waals surface area contributed by atoms with E-state index in [2.05, 4.69) is 23.7 Å². The molecule has 1 aromatic carbocycles. The molecule has 1 aliphatic heterocycles. The minimum Gasteiger partial charge on any atom is -0.325 e. The second-order valence-corrected chi connectivity index (χ2v) is 8.10. The third-order valence-electron chi connectivity index (χ3n) is 4.64. The van der Waals surface area contributed by atoms with Gasteiger partial charge in [-0.05, 0) is 49.9 Å². The van der Waals surface area contributed by atoms with E-state index in [0.29, 0.717) is 12.2 Å². The van der Waals surface area contributed by atoms with Gasteiger partial charge in [-0.1, -0.05) is 12.1 Å². The average molecular weight is 358 g/mol. The van der Waals surface area contributed by atoms with Gasteiger partial charge < -0.3 is 10.2 Å². The van der Waals surface area contributed by atoms with Gasteiger partial charge in [-0.15, -0.1) is 11.3 Å². The Morgan fingerprint density at radius 2 is 2.00 bits per heavy atom. The van der Waals surface area contributed by atoms with Crippen molar-refractivity contribution in [3.05, 3.63) is 46.2 Å². The number of carbonyl (C=O) groups is 2. The van der Waals surface area contributed by atoms with E-state index in [-0.39, 0.29) is 11.8 Å². The Balaban J connectivity index is 1.82. The molecule has 0 radical (unpaired) electrons. The molecule has 5 nitrogen and oxygen atoms in total. The maximum atomic E-state index is 13.1. The highest BCUT2D eigenvalue weighted by atomic mass is 32.1. The zero-order valence-electron chi connectivity index (χ0n) is 15.1. The minimum absolute atomic E-state index is 0.0426. The first-order chi connectivity index (χ1) is 11.8. The largest absolute Gasteiger partial charge is 0.325 e. The number of rotatable bonds is 4. The van der Waals surface area contributed by atoms with Crippen LogP contribution in [-0.4, -0.2) is 30.9 Å². The summed E-state index contributed by atoms with van der Waals surface area (Å²) in [5.41, 5.74) is 1.80. The Morgan fingerprint density at radius 3 is 2.68 bits per heavy atom. The summed E-state index contributed by atoms with van der Waals surface area (Å²) in [7, 11) is 2.01. The van der Waals surface area contributed by atoms with Gasteiger partial charge in [0.2, 0.25) is 5.91 Å². The fourth-order valence-corrected chi connectivity index (χ4v) is 4.18. The van der Waals surface area contributed by atoms with Crippen LogP contribution in [0.3, 0.4) is 0 Å². The number of fused-ring (bicyclic) bond motifs is 1. The number of nitrogens with zero attached hydrogens (tertiary/aromatic N) is 1. The second-order valence-electron chi connectivity index (χ2n) is 7.10. The second kappa shape index (κ2) is 6.61. The molecule has 2 amide bonds. The number of hydrogen-bond donors (Lipinski definition) is 2. The molecule has 132 valence electrons. The van der Waals surface area contributed by atoms with Crippen LogP contribution in [0.4, 0.5) is 11.4 Å². The van der Waals surface area contributed by atoms with Crippen LogP contribution in [-0.2, 0) is 16.1 Å². The summed E-state index contributed by atoms with van der Waals surface area (Å²) in [5.74, 6) is -0.203. The van der Waals surface area contributed by atoms with Crippen molar-refractivity contribution in [1.82, 2.24) is 0 Å². The summed E-state index contributed by atoms with van der Waals surface area (Å²) in [6.07, 6.45) is 0. The molecule has 1 aliphatic rings. The topological polar surface area (TPSA) is 53.9 Å². The first-order valence-electron chi connectivity index (χ1n) is 8.38. The van der Waals surface area contributed by atoms with Crippen molar-refractivity contribution in [3.63, 3.8) is 0 Å². The summed E-state index contributed by atoms with van der Waals surface area (Å²) in [6, 6.07) is 9.56. The smallest absolute Gasteiger partial charge is 0.283 e. The molecular weight excluding hydrogens is 334 g/mol. The predicted octanol–water partition coefficient (Wildman–Crippen LogP) is 1.84. The Kier molecular flexibility index (Phi) is 4.67. The van der Waals surface area contributed by atoms with Crippen molar-refractivity contribution >= 4 is 34.5 Å². The molecule has 2 heterocycles. The fraction of sp³-hybridized carbons (Fsp3) is 0.368. The van der Waals surface area contributed by atoms with Crippen LogP contribution >= 0.6 is 11.3 Å². The van der Waals surface area contributed by atoms with Crippen molar-refractivity contribution in [2.75, 3.05) is 23.8 Å². The van der Waals surface area contributed by atoms with Gasteiger partial charge in [0.1, 0.15) is 12.1 Å². The number of quaternary nitrogens is 1. The third-order valence-corrected chi connectivity index (χ3v) is 5.66. The number of nitrogens with one attached hydrogen (secondary N) is 2. The molecule has 1 unspecified atom stereocenters. The molecule has 0 saturated heterocycles. The zero-order chi connectivity index (χ0) is 18.2. The Morgan fingerprint density at radius 1 is 1.28 bits per heavy atom. The predicted molar refractivity (Wildman–Crippen MR) is 101 cm³/mol. The summed E-state index contributed by atoms with van der Waals surface area (Å²) < 4.78 is 0. The van der Waals surface area contributed by atoms with Crippen molar-refractivity contribution in [2.45, 2.75) is 32.9 Å². The van der Waals surface area contributed by atoms with E-state index in [1.807, 2.05) is 31.3 Å². The van der Waals surface area contributed by atoms with Crippen LogP contribution in [0.1, 0.15) is 24.3 Å². The number of anilines is 2. The van der Waals surface area contributed by atoms with Crippen LogP contribution in [0.2, 0.25) is 0 Å². The van der Waals surface area contributed by atoms with Crippen LogP contribution in [0.5, 0.6) is 0 Å². The number of likely N-dealkylation sites (N-methyl/N-ethyl adjacent to an activating group) is 1. The van der Waals surface area contributed by atoms with Crippen molar-refractivity contribution in [1.29, 1.82) is 0 Å². The molecule has 6 heteroatoms. The number of benzene rings is 1. The zero-order valence-corrected chi connectivity index (χ0v) is 15.9. The van der Waals surface area contributed by atoms with Gasteiger partial charge >= 0.3 is 0 Å². The van der Waals surface area contributed by atoms with Crippen LogP contribution in [0.15, 0.2) is 35.7 Å². The fourth-order valence-electron chi connectivity index (χ4n) is 3.16. The van der Waals surface area contributed by atoms with Gasteiger partial charge in [-0.3, -0.25) is 14.5 Å². The number of aryl methyl sites for hydroxylation is 1. The van der Waals surface area contributed by atoms with Crippen molar-refractivity contribution in [3.8, 4) is 0 Å². The molecule has 1 aromatic heterocycles. The van der Waals surface area contributed by atoms with E-state index < -0.39 is 5.54 Å². The lowest BCUT2D eigenvalue weighted by atomic mass is 9.96. The molecule has 3 rings (SSSR count). The highest BCUT2D eigenvalue weighted by Crippen LogP contribution is 2.36. The summed E-state index contributed by atoms with van der Waals surface area (Å²) >= 11 is 1.72. The van der Waals surface area contributed by atoms with Gasteiger partial charge in [0.15, 0.2) is 6.54 Å². The number of para-hydroxylation sites is 2. The van der Waals surface area contributed by atoms with Gasteiger partial charge in [-0.2, -0.15) is 0 Å². The van der Waals surface area contributed by atoms with Crippen molar-refractivity contribution in [2.24, 2.45) is 0 Å². The SMILES string of the molecule is Cc1ccsc1C[NH+](C)CC(=O)N1c2ccccc2NC(=O)C1(C)C. The third kappa shape index (κ3) is 3.32. The summed E-state index contributed by atoms with van der Waals surface area (Å²) in [5, 5.41) is 4.97. The normalized spacial score (nSPS) is 17.0. The molecule has 25 heavy (non-hydrogen) atoms. The van der Waals surface area contributed by atoms with Crippen molar-refractivity contribution < 1.29 is 14.5 Å². The molecule has 0 aliphatic carbocycles. The highest BCUT2D eigenvalue weighted by Gasteiger charge is 2.44. The molecule has 0 saturated carbocycles. The Bertz CT molecular complexity index is 813. The number of thiophene rings is 1. The Labute approximate surface area is 152 Å². The molecule has 2 aromatic rings. The number of amides is 2. The molecule has 0 fully saturated rings. The molecule has 0 bridgehead atoms. The number of hydrogen-bond acceptors (Lipinski definition) is 3. The van der Waals surface area contributed by atoms with Crippen LogP contribution < -0.4 is 15.1 Å². The lowest BCUT2D eigenvalue weighted by molar-refractivity contribution is -0.885. The minimum atomic E-state index is -0.912. The maximum Gasteiger partial charge on any atom is 0.283 e. The quantitative estimate of drug-likeness (QED) is 0.876. The maximum absolute atomic E-state index is 13.1. The van der Waals surface area contributed by atoms with E-state index >= 15 is 0 Å². The number of carbonyl (C=O) groups excluding carboxylic acids is 2. The van der Waals surface area contributed by atoms with E-state index in [4.69, 9.17) is 0 Å². The summed E-state index contributed by atoms with van der Waals surface area (Å²) in [6.45, 7) is 6.80. The van der Waals surface area contributed by atoms with Crippen LogP contribution in [0, 0.1) is 6.92 Å². The summed E-state index contributed by atoms with van der Waals surface area (Å²) in [4.78, 5) is 29.6. The van der Waals surface area contributed by atoms with E-state index in [1.54, 1.807) is 30.1 Å². The standard InChI is InChI=1S/C19H23N3O2S/c1-13-9-10-25-16(13)11-21(4)12-17(23)22-15-8-6-5-7-14(15)20-18(24)19(22,2)3/h5-10H,11-12H2,1-4H3,(H,20,24)/p+1. The van der Waals surface area contributed by atoms with Gasteiger partial charge in [0, 0.05) is 0 Å². The highest BCUT2D eigenvalue weighted by molar-refractivity contribution is 7.10. The molecule has 1 atom stereocenters. The van der Waals surface area contributed by atoms with E-state index in [1.165, 1.54) is 10.4 Å². The molecule has 2 N–H and O–H groups in total. The van der Waals surface area contributed by atoms with E-state index in [9.17, 15) is 9.59 Å². The Hall–Kier alpha value is -2.18. The molecule has 0 spiro atoms. The first kappa shape index (κ1) is 17.6. The van der Waals surface area contributed by atoms with Crippen LogP contribution in [0.25, 0.3) is 0 Å². The lowest BCUT2D eigenvalue weighted by Crippen LogP contribution is -3.09. The molecular formula is C19H24N3O2S+. The lowest BCUT2D eigenvalue weighted by Gasteiger charge is -2.42. The first-order valence-corrected chi connectivity index (χ1v) is 9.26. The van der Waals surface area contributed by atoms with Gasteiger partial charge in [0.25, 0.3) is 5.91 Å².